The fourth-order valence-electron chi connectivity index (χ4n) is 4.79. The first-order valence-corrected chi connectivity index (χ1v) is 12.4. The van der Waals surface area contributed by atoms with Gasteiger partial charge in [0.05, 0.1) is 5.69 Å². The van der Waals surface area contributed by atoms with Crippen LogP contribution in [0.15, 0.2) is 55.0 Å². The van der Waals surface area contributed by atoms with Crippen LogP contribution in [-0.4, -0.2) is 70.4 Å². The average Bonchev–Trinajstić information content (AvgIpc) is 2.85. The zero-order valence-electron chi connectivity index (χ0n) is 20.4. The Labute approximate surface area is 206 Å². The fraction of sp³-hybridized carbons (Fsp3) is 0.407. The average molecular weight is 472 g/mol. The van der Waals surface area contributed by atoms with Crippen LogP contribution >= 0.6 is 0 Å². The van der Waals surface area contributed by atoms with Gasteiger partial charge in [-0.3, -0.25) is 9.78 Å². The molecule has 35 heavy (non-hydrogen) atoms. The number of likely N-dealkylation sites (N-methyl/N-ethyl adjacent to an activating group) is 1. The minimum atomic E-state index is 0.102. The standard InChI is InChI=1S/C27H33N7O/c1-19-5-6-23(30-26(35)22-14-20(15-22)18-34-12-10-33(2)11-13-34)16-25(19)32-27-29-9-7-24(31-27)21-4-3-8-28-17-21/h3-9,16-17,20,22H,10-15,18H2,1-2H3,(H,30,35)(H,29,31,32). The number of carbonyl (C=O) groups is 1. The second-order valence-electron chi connectivity index (χ2n) is 9.79. The van der Waals surface area contributed by atoms with E-state index in [1.165, 1.54) is 0 Å². The van der Waals surface area contributed by atoms with Crippen molar-refractivity contribution < 1.29 is 4.79 Å². The van der Waals surface area contributed by atoms with Gasteiger partial charge in [-0.2, -0.15) is 0 Å². The molecule has 3 aromatic rings. The Kier molecular flexibility index (Phi) is 7.01. The highest BCUT2D eigenvalue weighted by molar-refractivity contribution is 5.93. The fourth-order valence-corrected chi connectivity index (χ4v) is 4.79. The van der Waals surface area contributed by atoms with Crippen molar-refractivity contribution in [2.45, 2.75) is 19.8 Å². The van der Waals surface area contributed by atoms with E-state index < -0.39 is 0 Å². The molecule has 1 amide bonds. The smallest absolute Gasteiger partial charge is 0.227 e. The van der Waals surface area contributed by atoms with Gasteiger partial charge >= 0.3 is 0 Å². The predicted octanol–water partition coefficient (Wildman–Crippen LogP) is 3.80. The first-order chi connectivity index (χ1) is 17.0. The van der Waals surface area contributed by atoms with E-state index >= 15 is 0 Å². The molecule has 1 saturated carbocycles. The Hall–Kier alpha value is -3.36. The van der Waals surface area contributed by atoms with Crippen LogP contribution in [-0.2, 0) is 4.79 Å². The number of aromatic nitrogens is 3. The van der Waals surface area contributed by atoms with Crippen molar-refractivity contribution in [3.8, 4) is 11.3 Å². The number of carbonyl (C=O) groups excluding carboxylic acids is 1. The summed E-state index contributed by atoms with van der Waals surface area (Å²) in [5, 5.41) is 6.42. The number of pyridine rings is 1. The lowest BCUT2D eigenvalue weighted by Gasteiger charge is -2.40. The number of anilines is 3. The van der Waals surface area contributed by atoms with Gasteiger partial charge in [-0.1, -0.05) is 6.07 Å². The lowest BCUT2D eigenvalue weighted by molar-refractivity contribution is -0.124. The van der Waals surface area contributed by atoms with Crippen molar-refractivity contribution in [3.63, 3.8) is 0 Å². The van der Waals surface area contributed by atoms with Crippen LogP contribution in [0.25, 0.3) is 11.3 Å². The largest absolute Gasteiger partial charge is 0.326 e. The van der Waals surface area contributed by atoms with E-state index in [-0.39, 0.29) is 11.8 Å². The lowest BCUT2D eigenvalue weighted by atomic mass is 9.74. The summed E-state index contributed by atoms with van der Waals surface area (Å²) in [6.45, 7) is 7.69. The maximum absolute atomic E-state index is 12.8. The maximum Gasteiger partial charge on any atom is 0.227 e. The van der Waals surface area contributed by atoms with E-state index in [1.54, 1.807) is 18.6 Å². The number of piperazine rings is 1. The highest BCUT2D eigenvalue weighted by Crippen LogP contribution is 2.35. The maximum atomic E-state index is 12.8. The summed E-state index contributed by atoms with van der Waals surface area (Å²) in [6, 6.07) is 11.6. The second kappa shape index (κ2) is 10.5. The number of nitrogens with one attached hydrogen (secondary N) is 2. The van der Waals surface area contributed by atoms with Crippen LogP contribution in [0.2, 0.25) is 0 Å². The summed E-state index contributed by atoms with van der Waals surface area (Å²) in [4.78, 5) is 30.9. The molecule has 1 aliphatic carbocycles. The summed E-state index contributed by atoms with van der Waals surface area (Å²) in [5.74, 6) is 1.35. The highest BCUT2D eigenvalue weighted by atomic mass is 16.1. The molecule has 2 fully saturated rings. The molecule has 0 radical (unpaired) electrons. The Bertz CT molecular complexity index is 1160. The number of benzene rings is 1. The number of rotatable bonds is 7. The number of amides is 1. The van der Waals surface area contributed by atoms with Crippen molar-refractivity contribution in [3.05, 3.63) is 60.6 Å². The predicted molar refractivity (Wildman–Crippen MR) is 139 cm³/mol. The Morgan fingerprint density at radius 2 is 1.91 bits per heavy atom. The van der Waals surface area contributed by atoms with E-state index in [0.29, 0.717) is 11.9 Å². The first-order valence-electron chi connectivity index (χ1n) is 12.4. The molecular weight excluding hydrogens is 438 g/mol. The summed E-state index contributed by atoms with van der Waals surface area (Å²) in [6.07, 6.45) is 7.20. The van der Waals surface area contributed by atoms with Gasteiger partial charge in [-0.25, -0.2) is 9.97 Å². The summed E-state index contributed by atoms with van der Waals surface area (Å²) in [5.41, 5.74) is 4.44. The van der Waals surface area contributed by atoms with E-state index in [9.17, 15) is 4.79 Å². The van der Waals surface area contributed by atoms with Crippen LogP contribution in [0.4, 0.5) is 17.3 Å². The molecule has 2 aliphatic rings. The number of hydrogen-bond acceptors (Lipinski definition) is 7. The van der Waals surface area contributed by atoms with E-state index in [4.69, 9.17) is 0 Å². The van der Waals surface area contributed by atoms with Gasteiger partial charge in [-0.05, 0) is 68.6 Å². The van der Waals surface area contributed by atoms with Crippen LogP contribution in [0.3, 0.4) is 0 Å². The van der Waals surface area contributed by atoms with Gasteiger partial charge in [0.1, 0.15) is 0 Å². The molecule has 0 spiro atoms. The summed E-state index contributed by atoms with van der Waals surface area (Å²) < 4.78 is 0. The van der Waals surface area contributed by atoms with Gasteiger partial charge in [0.25, 0.3) is 0 Å². The van der Waals surface area contributed by atoms with Gasteiger partial charge in [0, 0.05) is 74.2 Å². The molecule has 8 nitrogen and oxygen atoms in total. The molecule has 0 unspecified atom stereocenters. The monoisotopic (exact) mass is 471 g/mol. The third-order valence-electron chi connectivity index (χ3n) is 7.08. The third kappa shape index (κ3) is 5.83. The quantitative estimate of drug-likeness (QED) is 0.542. The molecule has 2 aromatic heterocycles. The molecule has 5 rings (SSSR count). The lowest BCUT2D eigenvalue weighted by Crippen LogP contribution is -2.48. The zero-order chi connectivity index (χ0) is 24.2. The molecule has 8 heteroatoms. The van der Waals surface area contributed by atoms with Gasteiger partial charge < -0.3 is 20.4 Å². The van der Waals surface area contributed by atoms with Gasteiger partial charge in [0.2, 0.25) is 11.9 Å². The molecule has 0 bridgehead atoms. The second-order valence-corrected chi connectivity index (χ2v) is 9.79. The molecule has 3 heterocycles. The van der Waals surface area contributed by atoms with Crippen LogP contribution in [0.5, 0.6) is 0 Å². The topological polar surface area (TPSA) is 86.3 Å². The molecule has 182 valence electrons. The molecule has 1 aliphatic heterocycles. The Morgan fingerprint density at radius 1 is 1.09 bits per heavy atom. The normalized spacial score (nSPS) is 20.7. The summed E-state index contributed by atoms with van der Waals surface area (Å²) >= 11 is 0. The molecular formula is C27H33N7O. The number of aryl methyl sites for hydroxylation is 1. The van der Waals surface area contributed by atoms with Crippen molar-refractivity contribution >= 4 is 23.2 Å². The first kappa shape index (κ1) is 23.4. The van der Waals surface area contributed by atoms with E-state index in [1.807, 2.05) is 43.3 Å². The van der Waals surface area contributed by atoms with Crippen molar-refractivity contribution in [2.24, 2.45) is 11.8 Å². The minimum absolute atomic E-state index is 0.102. The Balaban J connectivity index is 1.17. The summed E-state index contributed by atoms with van der Waals surface area (Å²) in [7, 11) is 2.18. The Morgan fingerprint density at radius 3 is 2.69 bits per heavy atom. The van der Waals surface area contributed by atoms with Crippen molar-refractivity contribution in [1.82, 2.24) is 24.8 Å². The van der Waals surface area contributed by atoms with E-state index in [0.717, 1.165) is 73.8 Å². The van der Waals surface area contributed by atoms with Crippen molar-refractivity contribution in [1.29, 1.82) is 0 Å². The SMILES string of the molecule is Cc1ccc(NC(=O)C2CC(CN3CCN(C)CC3)C2)cc1Nc1nccc(-c2cccnc2)n1. The molecule has 0 atom stereocenters. The number of nitrogens with zero attached hydrogens (tertiary/aromatic N) is 5. The van der Waals surface area contributed by atoms with Gasteiger partial charge in [-0.15, -0.1) is 0 Å². The minimum Gasteiger partial charge on any atom is -0.326 e. The molecule has 2 N–H and O–H groups in total. The van der Waals surface area contributed by atoms with Gasteiger partial charge in [0.15, 0.2) is 0 Å². The number of hydrogen-bond donors (Lipinski definition) is 2. The molecule has 1 aromatic carbocycles. The van der Waals surface area contributed by atoms with Crippen LogP contribution in [0.1, 0.15) is 18.4 Å². The molecule has 1 saturated heterocycles. The van der Waals surface area contributed by atoms with Crippen molar-refractivity contribution in [2.75, 3.05) is 50.4 Å². The third-order valence-corrected chi connectivity index (χ3v) is 7.08. The van der Waals surface area contributed by atoms with Crippen LogP contribution in [0, 0.1) is 18.8 Å². The van der Waals surface area contributed by atoms with E-state index in [2.05, 4.69) is 42.4 Å². The van der Waals surface area contributed by atoms with Crippen LogP contribution < -0.4 is 10.6 Å². The highest BCUT2D eigenvalue weighted by Gasteiger charge is 2.35. The zero-order valence-corrected chi connectivity index (χ0v) is 20.4.